The number of carboxylic acids is 1. The van der Waals surface area contributed by atoms with Crippen LogP contribution in [0, 0.1) is 5.92 Å². The maximum absolute atomic E-state index is 13.6. The molecule has 10 nitrogen and oxygen atoms in total. The van der Waals surface area contributed by atoms with Crippen LogP contribution in [0.1, 0.15) is 44.2 Å². The molecule has 3 atom stereocenters. The zero-order valence-electron chi connectivity index (χ0n) is 24.6. The van der Waals surface area contributed by atoms with Gasteiger partial charge in [0.15, 0.2) is 0 Å². The number of nitrogens with one attached hydrogen (secondary N) is 3. The number of aliphatic carboxylic acids is 1. The highest BCUT2D eigenvalue weighted by Gasteiger charge is 2.30. The number of carbonyl (C=O) groups excluding carboxylic acids is 3. The molecule has 0 spiro atoms. The van der Waals surface area contributed by atoms with E-state index in [-0.39, 0.29) is 24.7 Å². The summed E-state index contributed by atoms with van der Waals surface area (Å²) in [7, 11) is 0. The van der Waals surface area contributed by atoms with Gasteiger partial charge < -0.3 is 25.8 Å². The third-order valence-electron chi connectivity index (χ3n) is 7.21. The van der Waals surface area contributed by atoms with Crippen LogP contribution < -0.4 is 16.0 Å². The second-order valence-corrected chi connectivity index (χ2v) is 11.1. The predicted molar refractivity (Wildman–Crippen MR) is 160 cm³/mol. The Morgan fingerprint density at radius 2 is 1.38 bits per heavy atom. The van der Waals surface area contributed by atoms with Crippen molar-refractivity contribution in [1.82, 2.24) is 20.9 Å². The molecule has 3 rings (SSSR count). The summed E-state index contributed by atoms with van der Waals surface area (Å²) >= 11 is 0. The maximum atomic E-state index is 13.6. The average molecular weight is 581 g/mol. The number of carboxylic acid groups (broad SMARTS) is 1. The van der Waals surface area contributed by atoms with Crippen molar-refractivity contribution in [3.05, 3.63) is 71.8 Å². The predicted octanol–water partition coefficient (Wildman–Crippen LogP) is 2.17. The van der Waals surface area contributed by atoms with Crippen LogP contribution in [0.15, 0.2) is 60.7 Å². The van der Waals surface area contributed by atoms with E-state index in [4.69, 9.17) is 4.74 Å². The highest BCUT2D eigenvalue weighted by molar-refractivity contribution is 5.93. The molecule has 1 aliphatic rings. The number of aryl methyl sites for hydroxylation is 1. The van der Waals surface area contributed by atoms with Crippen molar-refractivity contribution in [2.45, 2.75) is 64.1 Å². The third kappa shape index (κ3) is 11.6. The number of amides is 3. The SMILES string of the molecule is CC(C)C[C@H](NC(=O)[C@H](CCc1ccccc1)NC(=O)CCN1CCOCC1)C(=O)N[C@@H](Cc1ccccc1)C(=O)O. The molecule has 0 unspecified atom stereocenters. The van der Waals surface area contributed by atoms with Gasteiger partial charge in [0.1, 0.15) is 18.1 Å². The summed E-state index contributed by atoms with van der Waals surface area (Å²) < 4.78 is 5.37. The lowest BCUT2D eigenvalue weighted by molar-refractivity contribution is -0.142. The van der Waals surface area contributed by atoms with Crippen LogP contribution in [0.25, 0.3) is 0 Å². The number of morpholine rings is 1. The van der Waals surface area contributed by atoms with Gasteiger partial charge in [0.05, 0.1) is 13.2 Å². The van der Waals surface area contributed by atoms with Crippen LogP contribution in [0.2, 0.25) is 0 Å². The third-order valence-corrected chi connectivity index (χ3v) is 7.21. The molecule has 0 saturated carbocycles. The molecule has 0 bridgehead atoms. The Bertz CT molecular complexity index is 1140. The van der Waals surface area contributed by atoms with Crippen molar-refractivity contribution in [3.8, 4) is 0 Å². The van der Waals surface area contributed by atoms with Gasteiger partial charge in [0, 0.05) is 32.5 Å². The normalized spacial score (nSPS) is 15.8. The lowest BCUT2D eigenvalue weighted by Gasteiger charge is -2.27. The van der Waals surface area contributed by atoms with E-state index in [1.807, 2.05) is 62.4 Å². The van der Waals surface area contributed by atoms with E-state index in [9.17, 15) is 24.3 Å². The molecule has 0 aromatic heterocycles. The van der Waals surface area contributed by atoms with Crippen LogP contribution in [-0.4, -0.2) is 84.7 Å². The van der Waals surface area contributed by atoms with E-state index in [0.717, 1.165) is 24.2 Å². The van der Waals surface area contributed by atoms with Crippen molar-refractivity contribution in [3.63, 3.8) is 0 Å². The molecule has 1 aliphatic heterocycles. The van der Waals surface area contributed by atoms with Crippen LogP contribution in [0.3, 0.4) is 0 Å². The summed E-state index contributed by atoms with van der Waals surface area (Å²) in [6, 6.07) is 15.8. The molecule has 228 valence electrons. The van der Waals surface area contributed by atoms with Gasteiger partial charge in [0.25, 0.3) is 0 Å². The maximum Gasteiger partial charge on any atom is 0.326 e. The molecular formula is C32H44N4O6. The standard InChI is InChI=1S/C32H44N4O6/c1-23(2)21-27(31(39)35-28(32(40)41)22-25-11-7-4-8-12-25)34-30(38)26(14-13-24-9-5-3-6-10-24)33-29(37)15-16-36-17-19-42-20-18-36/h3-12,23,26-28H,13-22H2,1-2H3,(H,33,37)(H,34,38)(H,35,39)(H,40,41)/t26-,27-,28-/m0/s1. The first-order chi connectivity index (χ1) is 20.2. The van der Waals surface area contributed by atoms with E-state index >= 15 is 0 Å². The molecule has 3 amide bonds. The Labute approximate surface area is 248 Å². The number of hydrogen-bond donors (Lipinski definition) is 4. The Hall–Kier alpha value is -3.76. The van der Waals surface area contributed by atoms with Gasteiger partial charge in [-0.3, -0.25) is 19.3 Å². The summed E-state index contributed by atoms with van der Waals surface area (Å²) in [4.78, 5) is 53.9. The molecule has 0 aliphatic carbocycles. The number of ether oxygens (including phenoxy) is 1. The molecular weight excluding hydrogens is 536 g/mol. The number of carbonyl (C=O) groups is 4. The van der Waals surface area contributed by atoms with E-state index in [1.54, 1.807) is 12.1 Å². The molecule has 0 radical (unpaired) electrons. The van der Waals surface area contributed by atoms with Crippen molar-refractivity contribution in [2.24, 2.45) is 5.92 Å². The van der Waals surface area contributed by atoms with E-state index in [2.05, 4.69) is 20.9 Å². The fourth-order valence-electron chi connectivity index (χ4n) is 4.87. The summed E-state index contributed by atoms with van der Waals surface area (Å²) in [5, 5.41) is 18.1. The smallest absolute Gasteiger partial charge is 0.326 e. The fraction of sp³-hybridized carbons (Fsp3) is 0.500. The highest BCUT2D eigenvalue weighted by atomic mass is 16.5. The van der Waals surface area contributed by atoms with Crippen LogP contribution in [0.5, 0.6) is 0 Å². The monoisotopic (exact) mass is 580 g/mol. The van der Waals surface area contributed by atoms with Crippen molar-refractivity contribution in [2.75, 3.05) is 32.8 Å². The highest BCUT2D eigenvalue weighted by Crippen LogP contribution is 2.11. The molecule has 42 heavy (non-hydrogen) atoms. The molecule has 10 heteroatoms. The van der Waals surface area contributed by atoms with E-state index in [0.29, 0.717) is 39.0 Å². The number of rotatable bonds is 16. The second-order valence-electron chi connectivity index (χ2n) is 11.1. The van der Waals surface area contributed by atoms with E-state index < -0.39 is 35.9 Å². The van der Waals surface area contributed by atoms with Gasteiger partial charge in [-0.25, -0.2) is 4.79 Å². The number of nitrogens with zero attached hydrogens (tertiary/aromatic N) is 1. The molecule has 4 N–H and O–H groups in total. The average Bonchev–Trinajstić information content (AvgIpc) is 2.98. The first-order valence-corrected chi connectivity index (χ1v) is 14.7. The van der Waals surface area contributed by atoms with Crippen molar-refractivity contribution < 1.29 is 29.0 Å². The summed E-state index contributed by atoms with van der Waals surface area (Å²) in [5.74, 6) is -2.39. The van der Waals surface area contributed by atoms with Crippen molar-refractivity contribution in [1.29, 1.82) is 0 Å². The van der Waals surface area contributed by atoms with Gasteiger partial charge in [-0.15, -0.1) is 0 Å². The minimum absolute atomic E-state index is 0.0457. The summed E-state index contributed by atoms with van der Waals surface area (Å²) in [6.45, 7) is 7.21. The minimum atomic E-state index is -1.16. The van der Waals surface area contributed by atoms with Crippen molar-refractivity contribution >= 4 is 23.7 Å². The first-order valence-electron chi connectivity index (χ1n) is 14.7. The molecule has 2 aromatic rings. The van der Waals surface area contributed by atoms with Gasteiger partial charge in [-0.2, -0.15) is 0 Å². The van der Waals surface area contributed by atoms with Gasteiger partial charge in [-0.1, -0.05) is 74.5 Å². The largest absolute Gasteiger partial charge is 0.480 e. The Balaban J connectivity index is 1.68. The fourth-order valence-corrected chi connectivity index (χ4v) is 4.87. The van der Waals surface area contributed by atoms with Crippen LogP contribution in [0.4, 0.5) is 0 Å². The zero-order chi connectivity index (χ0) is 30.3. The zero-order valence-corrected chi connectivity index (χ0v) is 24.6. The van der Waals surface area contributed by atoms with Gasteiger partial charge in [-0.05, 0) is 36.3 Å². The Morgan fingerprint density at radius 3 is 1.98 bits per heavy atom. The van der Waals surface area contributed by atoms with Crippen LogP contribution >= 0.6 is 0 Å². The molecule has 2 aromatic carbocycles. The summed E-state index contributed by atoms with van der Waals surface area (Å²) in [6.07, 6.45) is 1.57. The second kappa shape index (κ2) is 17.3. The number of benzene rings is 2. The Morgan fingerprint density at radius 1 is 0.810 bits per heavy atom. The lowest BCUT2D eigenvalue weighted by Crippen LogP contribution is -2.56. The Kier molecular flexibility index (Phi) is 13.5. The molecule has 1 fully saturated rings. The van der Waals surface area contributed by atoms with Gasteiger partial charge in [0.2, 0.25) is 17.7 Å². The van der Waals surface area contributed by atoms with Gasteiger partial charge >= 0.3 is 5.97 Å². The lowest BCUT2D eigenvalue weighted by atomic mass is 10.00. The molecule has 1 heterocycles. The summed E-state index contributed by atoms with van der Waals surface area (Å²) in [5.41, 5.74) is 1.80. The quantitative estimate of drug-likeness (QED) is 0.239. The topological polar surface area (TPSA) is 137 Å². The molecule has 1 saturated heterocycles. The number of hydrogen-bond acceptors (Lipinski definition) is 6. The van der Waals surface area contributed by atoms with Crippen LogP contribution in [-0.2, 0) is 36.8 Å². The first kappa shape index (κ1) is 32.8. The van der Waals surface area contributed by atoms with E-state index in [1.165, 1.54) is 0 Å². The minimum Gasteiger partial charge on any atom is -0.480 e.